The Morgan fingerprint density at radius 3 is 2.24 bits per heavy atom. The van der Waals surface area contributed by atoms with Crippen molar-refractivity contribution in [2.24, 2.45) is 0 Å². The summed E-state index contributed by atoms with van der Waals surface area (Å²) in [6.45, 7) is 9.46. The van der Waals surface area contributed by atoms with Crippen LogP contribution in [-0.4, -0.2) is 13.2 Å². The molecular weight excluding hydrogens is 258 g/mol. The van der Waals surface area contributed by atoms with Crippen LogP contribution in [0.2, 0.25) is 0 Å². The minimum atomic E-state index is 0.461. The van der Waals surface area contributed by atoms with Crippen molar-refractivity contribution in [1.29, 1.82) is 0 Å². The van der Waals surface area contributed by atoms with Gasteiger partial charge in [-0.2, -0.15) is 0 Å². The van der Waals surface area contributed by atoms with Gasteiger partial charge in [0.1, 0.15) is 5.75 Å². The van der Waals surface area contributed by atoms with Crippen molar-refractivity contribution in [3.8, 4) is 16.9 Å². The Labute approximate surface area is 128 Å². The van der Waals surface area contributed by atoms with Crippen LogP contribution in [0.3, 0.4) is 0 Å². The van der Waals surface area contributed by atoms with Gasteiger partial charge < -0.3 is 10.1 Å². The summed E-state index contributed by atoms with van der Waals surface area (Å²) in [6, 6.07) is 13.5. The molecule has 0 unspecified atom stereocenters. The van der Waals surface area contributed by atoms with Crippen molar-refractivity contribution in [2.75, 3.05) is 7.11 Å². The minimum absolute atomic E-state index is 0.461. The molecule has 0 aliphatic carbocycles. The highest BCUT2D eigenvalue weighted by Crippen LogP contribution is 2.29. The van der Waals surface area contributed by atoms with Crippen LogP contribution in [0.1, 0.15) is 30.5 Å². The predicted molar refractivity (Wildman–Crippen MR) is 89.9 cm³/mol. The third kappa shape index (κ3) is 4.08. The van der Waals surface area contributed by atoms with Crippen LogP contribution in [0.4, 0.5) is 0 Å². The summed E-state index contributed by atoms with van der Waals surface area (Å²) in [5.74, 6) is 0.906. The summed E-state index contributed by atoms with van der Waals surface area (Å²) in [4.78, 5) is 0. The van der Waals surface area contributed by atoms with Crippen molar-refractivity contribution in [3.63, 3.8) is 0 Å². The molecule has 0 amide bonds. The lowest BCUT2D eigenvalue weighted by atomic mass is 9.96. The van der Waals surface area contributed by atoms with Crippen molar-refractivity contribution >= 4 is 0 Å². The Kier molecular flexibility index (Phi) is 5.03. The monoisotopic (exact) mass is 283 g/mol. The zero-order valence-corrected chi connectivity index (χ0v) is 13.7. The first kappa shape index (κ1) is 15.6. The molecule has 2 aromatic carbocycles. The van der Waals surface area contributed by atoms with Crippen molar-refractivity contribution in [2.45, 2.75) is 40.3 Å². The molecule has 2 nitrogen and oxygen atoms in total. The van der Waals surface area contributed by atoms with E-state index >= 15 is 0 Å². The quantitative estimate of drug-likeness (QED) is 0.873. The van der Waals surface area contributed by atoms with Crippen LogP contribution in [0.5, 0.6) is 5.75 Å². The summed E-state index contributed by atoms with van der Waals surface area (Å²) in [7, 11) is 1.71. The van der Waals surface area contributed by atoms with E-state index in [2.05, 4.69) is 63.3 Å². The lowest BCUT2D eigenvalue weighted by Crippen LogP contribution is -2.22. The zero-order valence-electron chi connectivity index (χ0n) is 13.7. The van der Waals surface area contributed by atoms with Gasteiger partial charge in [-0.05, 0) is 42.7 Å². The summed E-state index contributed by atoms with van der Waals surface area (Å²) >= 11 is 0. The molecule has 2 heteroatoms. The molecule has 0 spiro atoms. The number of hydrogen-bond donors (Lipinski definition) is 1. The summed E-state index contributed by atoms with van der Waals surface area (Å²) < 4.78 is 5.37. The first-order valence-corrected chi connectivity index (χ1v) is 7.48. The third-order valence-electron chi connectivity index (χ3n) is 3.55. The Hall–Kier alpha value is -1.80. The molecule has 112 valence electrons. The molecule has 0 atom stereocenters. The number of benzene rings is 2. The highest BCUT2D eigenvalue weighted by atomic mass is 16.5. The lowest BCUT2D eigenvalue weighted by Gasteiger charge is -2.15. The van der Waals surface area contributed by atoms with Gasteiger partial charge in [-0.3, -0.25) is 0 Å². The lowest BCUT2D eigenvalue weighted by molar-refractivity contribution is 0.414. The highest BCUT2D eigenvalue weighted by Gasteiger charge is 2.08. The number of nitrogens with one attached hydrogen (secondary N) is 1. The second-order valence-corrected chi connectivity index (χ2v) is 5.94. The molecule has 0 heterocycles. The molecule has 0 aliphatic heterocycles. The molecule has 0 aliphatic rings. The van der Waals surface area contributed by atoms with Gasteiger partial charge in [0.15, 0.2) is 0 Å². The average Bonchev–Trinajstić information content (AvgIpc) is 2.43. The van der Waals surface area contributed by atoms with Gasteiger partial charge in [0.2, 0.25) is 0 Å². The van der Waals surface area contributed by atoms with E-state index in [1.807, 2.05) is 6.07 Å². The second kappa shape index (κ2) is 6.77. The molecule has 2 rings (SSSR count). The maximum atomic E-state index is 5.37. The normalized spacial score (nSPS) is 11.0. The Bertz CT molecular complexity index is 597. The van der Waals surface area contributed by atoms with Crippen molar-refractivity contribution in [3.05, 3.63) is 53.1 Å². The van der Waals surface area contributed by atoms with E-state index in [-0.39, 0.29) is 0 Å². The SMILES string of the molecule is COc1ccc(-c2cc(C)cc(C)c2)c(CNC(C)C)c1. The van der Waals surface area contributed by atoms with Crippen LogP contribution in [0, 0.1) is 13.8 Å². The fraction of sp³-hybridized carbons (Fsp3) is 0.368. The first-order valence-electron chi connectivity index (χ1n) is 7.48. The maximum absolute atomic E-state index is 5.37. The second-order valence-electron chi connectivity index (χ2n) is 5.94. The van der Waals surface area contributed by atoms with E-state index in [1.165, 1.54) is 27.8 Å². The molecule has 0 saturated carbocycles. The Balaban J connectivity index is 2.45. The topological polar surface area (TPSA) is 21.3 Å². The van der Waals surface area contributed by atoms with Gasteiger partial charge in [-0.25, -0.2) is 0 Å². The van der Waals surface area contributed by atoms with Gasteiger partial charge in [0.05, 0.1) is 7.11 Å². The maximum Gasteiger partial charge on any atom is 0.119 e. The zero-order chi connectivity index (χ0) is 15.4. The summed E-state index contributed by atoms with van der Waals surface area (Å²) in [5.41, 5.74) is 6.41. The van der Waals surface area contributed by atoms with Crippen molar-refractivity contribution < 1.29 is 4.74 Å². The van der Waals surface area contributed by atoms with Crippen LogP contribution in [-0.2, 0) is 6.54 Å². The largest absolute Gasteiger partial charge is 0.497 e. The summed E-state index contributed by atoms with van der Waals surface area (Å²) in [6.07, 6.45) is 0. The van der Waals surface area contributed by atoms with E-state index in [9.17, 15) is 0 Å². The third-order valence-corrected chi connectivity index (χ3v) is 3.55. The fourth-order valence-electron chi connectivity index (χ4n) is 2.57. The highest BCUT2D eigenvalue weighted by molar-refractivity contribution is 5.69. The number of ether oxygens (including phenoxy) is 1. The summed E-state index contributed by atoms with van der Waals surface area (Å²) in [5, 5.41) is 3.50. The van der Waals surface area contributed by atoms with Crippen LogP contribution < -0.4 is 10.1 Å². The van der Waals surface area contributed by atoms with Crippen LogP contribution in [0.15, 0.2) is 36.4 Å². The number of methoxy groups -OCH3 is 1. The van der Waals surface area contributed by atoms with Gasteiger partial charge in [-0.15, -0.1) is 0 Å². The number of rotatable bonds is 5. The average molecular weight is 283 g/mol. The molecule has 21 heavy (non-hydrogen) atoms. The standard InChI is InChI=1S/C19H25NO/c1-13(2)20-12-17-11-18(21-5)6-7-19(17)16-9-14(3)8-15(4)10-16/h6-11,13,20H,12H2,1-5H3. The van der Waals surface area contributed by atoms with Crippen molar-refractivity contribution in [1.82, 2.24) is 5.32 Å². The molecule has 0 aromatic heterocycles. The Morgan fingerprint density at radius 1 is 1.00 bits per heavy atom. The molecule has 2 aromatic rings. The van der Waals surface area contributed by atoms with E-state index in [4.69, 9.17) is 4.74 Å². The van der Waals surface area contributed by atoms with E-state index in [0.29, 0.717) is 6.04 Å². The van der Waals surface area contributed by atoms with E-state index in [0.717, 1.165) is 12.3 Å². The van der Waals surface area contributed by atoms with Gasteiger partial charge in [0.25, 0.3) is 0 Å². The molecule has 0 saturated heterocycles. The fourth-order valence-corrected chi connectivity index (χ4v) is 2.57. The molecule has 0 radical (unpaired) electrons. The van der Waals surface area contributed by atoms with Gasteiger partial charge in [-0.1, -0.05) is 49.2 Å². The van der Waals surface area contributed by atoms with E-state index < -0.39 is 0 Å². The van der Waals surface area contributed by atoms with Crippen LogP contribution >= 0.6 is 0 Å². The number of hydrogen-bond acceptors (Lipinski definition) is 2. The van der Waals surface area contributed by atoms with Gasteiger partial charge in [0, 0.05) is 12.6 Å². The molecule has 1 N–H and O–H groups in total. The molecule has 0 bridgehead atoms. The van der Waals surface area contributed by atoms with Gasteiger partial charge >= 0.3 is 0 Å². The first-order chi connectivity index (χ1) is 9.99. The van der Waals surface area contributed by atoms with E-state index in [1.54, 1.807) is 7.11 Å². The van der Waals surface area contributed by atoms with Crippen LogP contribution in [0.25, 0.3) is 11.1 Å². The number of aryl methyl sites for hydroxylation is 2. The minimum Gasteiger partial charge on any atom is -0.497 e. The predicted octanol–water partition coefficient (Wildman–Crippen LogP) is 4.48. The smallest absolute Gasteiger partial charge is 0.119 e. The Morgan fingerprint density at radius 2 is 1.67 bits per heavy atom. The molecule has 0 fully saturated rings. The molecular formula is C19H25NO.